The van der Waals surface area contributed by atoms with Crippen molar-refractivity contribution in [2.75, 3.05) is 20.8 Å². The predicted molar refractivity (Wildman–Crippen MR) is 155 cm³/mol. The van der Waals surface area contributed by atoms with Crippen LogP contribution >= 0.6 is 0 Å². The van der Waals surface area contributed by atoms with E-state index in [1.54, 1.807) is 32.4 Å². The highest BCUT2D eigenvalue weighted by atomic mass is 19.4. The molecule has 8 nitrogen and oxygen atoms in total. The first-order chi connectivity index (χ1) is 20.4. The molecule has 0 aliphatic heterocycles. The number of aliphatic hydroxyl groups is 1. The Labute approximate surface area is 246 Å². The number of carbonyl (C=O) groups is 1. The number of hydrogen-bond donors (Lipinski definition) is 3. The highest BCUT2D eigenvalue weighted by Gasteiger charge is 2.38. The monoisotopic (exact) mass is 598 g/mol. The molecule has 1 atom stereocenters. The Morgan fingerprint density at radius 2 is 1.70 bits per heavy atom. The van der Waals surface area contributed by atoms with Crippen molar-refractivity contribution in [1.29, 1.82) is 0 Å². The number of hydrogen-bond acceptors (Lipinski definition) is 6. The van der Waals surface area contributed by atoms with E-state index in [9.17, 15) is 23.1 Å². The molecule has 11 heteroatoms. The lowest BCUT2D eigenvalue weighted by atomic mass is 9.80. The zero-order chi connectivity index (χ0) is 30.9. The highest BCUT2D eigenvalue weighted by Crippen LogP contribution is 2.38. The molecule has 1 unspecified atom stereocenters. The summed E-state index contributed by atoms with van der Waals surface area (Å²) in [6.45, 7) is 3.34. The largest absolute Gasteiger partial charge is 0.573 e. The number of rotatable bonds is 9. The van der Waals surface area contributed by atoms with Crippen LogP contribution in [0.2, 0.25) is 0 Å². The second-order valence-corrected chi connectivity index (χ2v) is 10.9. The van der Waals surface area contributed by atoms with Gasteiger partial charge in [-0.3, -0.25) is 4.79 Å². The predicted octanol–water partition coefficient (Wildman–Crippen LogP) is 6.19. The summed E-state index contributed by atoms with van der Waals surface area (Å²) in [5.74, 6) is 0.695. The average Bonchev–Trinajstić information content (AvgIpc) is 3.32. The number of alkyl halides is 3. The number of amides is 1. The fourth-order valence-corrected chi connectivity index (χ4v) is 5.53. The SMILES string of the molecule is COc1ccc(-c2ccc(OC(C)C)c(C(=O)NC3(CO)CCc4[nH]c5ccc(OC(F)(F)F)cc5c4C3)c2)cc1OC. The first-order valence-electron chi connectivity index (χ1n) is 13.8. The molecule has 5 rings (SSSR count). The Balaban J connectivity index is 1.48. The van der Waals surface area contributed by atoms with Gasteiger partial charge in [-0.2, -0.15) is 0 Å². The second kappa shape index (κ2) is 11.7. The molecular weight excluding hydrogens is 565 g/mol. The van der Waals surface area contributed by atoms with Crippen molar-refractivity contribution in [3.05, 3.63) is 71.4 Å². The van der Waals surface area contributed by atoms with E-state index < -0.39 is 17.8 Å². The van der Waals surface area contributed by atoms with E-state index in [-0.39, 0.29) is 30.4 Å². The van der Waals surface area contributed by atoms with Gasteiger partial charge in [0.05, 0.1) is 38.0 Å². The van der Waals surface area contributed by atoms with Crippen LogP contribution in [-0.4, -0.2) is 54.8 Å². The second-order valence-electron chi connectivity index (χ2n) is 10.9. The first-order valence-corrected chi connectivity index (χ1v) is 13.8. The van der Waals surface area contributed by atoms with Gasteiger partial charge in [-0.05, 0) is 85.8 Å². The lowest BCUT2D eigenvalue weighted by Gasteiger charge is -2.37. The number of halogens is 3. The first kappa shape index (κ1) is 30.1. The molecule has 1 aliphatic carbocycles. The van der Waals surface area contributed by atoms with Gasteiger partial charge in [0.25, 0.3) is 5.91 Å². The van der Waals surface area contributed by atoms with Gasteiger partial charge >= 0.3 is 6.36 Å². The number of aliphatic hydroxyl groups excluding tert-OH is 1. The number of methoxy groups -OCH3 is 2. The van der Waals surface area contributed by atoms with Crippen molar-refractivity contribution < 1.29 is 42.0 Å². The highest BCUT2D eigenvalue weighted by molar-refractivity contribution is 5.99. The molecule has 1 aliphatic rings. The molecule has 0 spiro atoms. The molecule has 3 aromatic carbocycles. The Hall–Kier alpha value is -4.38. The van der Waals surface area contributed by atoms with Gasteiger partial charge < -0.3 is 34.4 Å². The van der Waals surface area contributed by atoms with E-state index in [4.69, 9.17) is 14.2 Å². The molecule has 0 radical (unpaired) electrons. The van der Waals surface area contributed by atoms with Gasteiger partial charge in [-0.1, -0.05) is 12.1 Å². The van der Waals surface area contributed by atoms with Crippen LogP contribution < -0.4 is 24.3 Å². The molecule has 3 N–H and O–H groups in total. The summed E-state index contributed by atoms with van der Waals surface area (Å²) in [6, 6.07) is 14.8. The number of benzene rings is 3. The van der Waals surface area contributed by atoms with Gasteiger partial charge in [0.2, 0.25) is 0 Å². The molecule has 1 heterocycles. The van der Waals surface area contributed by atoms with Crippen molar-refractivity contribution >= 4 is 16.8 Å². The molecule has 0 saturated carbocycles. The van der Waals surface area contributed by atoms with Crippen LogP contribution in [0.3, 0.4) is 0 Å². The topological polar surface area (TPSA) is 102 Å². The number of fused-ring (bicyclic) bond motifs is 3. The van der Waals surface area contributed by atoms with E-state index in [0.29, 0.717) is 41.0 Å². The van der Waals surface area contributed by atoms with Crippen LogP contribution in [0.4, 0.5) is 13.2 Å². The minimum absolute atomic E-state index is 0.204. The van der Waals surface area contributed by atoms with Crippen LogP contribution in [0.1, 0.15) is 41.9 Å². The molecule has 0 fully saturated rings. The third-order valence-corrected chi connectivity index (χ3v) is 7.55. The maximum Gasteiger partial charge on any atom is 0.573 e. The molecule has 43 heavy (non-hydrogen) atoms. The van der Waals surface area contributed by atoms with Crippen LogP contribution in [-0.2, 0) is 12.8 Å². The maximum absolute atomic E-state index is 13.9. The van der Waals surface area contributed by atoms with E-state index in [1.165, 1.54) is 18.2 Å². The Morgan fingerprint density at radius 1 is 1.00 bits per heavy atom. The summed E-state index contributed by atoms with van der Waals surface area (Å²) >= 11 is 0. The van der Waals surface area contributed by atoms with Crippen molar-refractivity contribution in [2.24, 2.45) is 0 Å². The van der Waals surface area contributed by atoms with Gasteiger partial charge in [0.15, 0.2) is 11.5 Å². The average molecular weight is 599 g/mol. The van der Waals surface area contributed by atoms with Crippen molar-refractivity contribution in [3.8, 4) is 34.1 Å². The zero-order valence-electron chi connectivity index (χ0n) is 24.2. The summed E-state index contributed by atoms with van der Waals surface area (Å²) in [5, 5.41) is 14.2. The van der Waals surface area contributed by atoms with E-state index >= 15 is 0 Å². The van der Waals surface area contributed by atoms with Crippen molar-refractivity contribution in [3.63, 3.8) is 0 Å². The Morgan fingerprint density at radius 3 is 2.35 bits per heavy atom. The minimum Gasteiger partial charge on any atom is -0.493 e. The molecule has 1 aromatic heterocycles. The molecule has 1 amide bonds. The Kier molecular flexibility index (Phi) is 8.20. The third kappa shape index (κ3) is 6.36. The van der Waals surface area contributed by atoms with Crippen molar-refractivity contribution in [1.82, 2.24) is 10.3 Å². The number of ether oxygens (including phenoxy) is 4. The van der Waals surface area contributed by atoms with E-state index in [2.05, 4.69) is 15.0 Å². The van der Waals surface area contributed by atoms with Gasteiger partial charge in [0.1, 0.15) is 11.5 Å². The molecule has 0 bridgehead atoms. The fourth-order valence-electron chi connectivity index (χ4n) is 5.53. The van der Waals surface area contributed by atoms with E-state index in [1.807, 2.05) is 32.0 Å². The summed E-state index contributed by atoms with van der Waals surface area (Å²) in [5.41, 5.74) is 2.96. The lowest BCUT2D eigenvalue weighted by molar-refractivity contribution is -0.274. The number of carbonyl (C=O) groups excluding carboxylic acids is 1. The van der Waals surface area contributed by atoms with E-state index in [0.717, 1.165) is 22.4 Å². The summed E-state index contributed by atoms with van der Waals surface area (Å²) in [7, 11) is 3.09. The number of H-pyrrole nitrogens is 1. The summed E-state index contributed by atoms with van der Waals surface area (Å²) in [4.78, 5) is 17.2. The molecule has 228 valence electrons. The molecule has 4 aromatic rings. The molecular formula is C32H33F3N2O6. The zero-order valence-corrected chi connectivity index (χ0v) is 24.2. The number of aromatic amines is 1. The van der Waals surface area contributed by atoms with Crippen LogP contribution in [0.5, 0.6) is 23.0 Å². The number of aromatic nitrogens is 1. The standard InChI is InChI=1S/C32H33F3N2O6/c1-18(2)42-27-9-5-19(20-6-10-28(40-3)29(14-20)41-4)13-23(27)30(39)37-31(17-38)12-11-26-24(16-31)22-15-21(43-32(33,34)35)7-8-25(22)36-26/h5-10,13-15,18,36,38H,11-12,16-17H2,1-4H3,(H,37,39). The number of nitrogens with one attached hydrogen (secondary N) is 2. The minimum atomic E-state index is -4.83. The normalized spacial score (nSPS) is 16.6. The number of aryl methyl sites for hydroxylation is 1. The molecule has 0 saturated heterocycles. The van der Waals surface area contributed by atoms with Crippen molar-refractivity contribution in [2.45, 2.75) is 51.1 Å². The lowest BCUT2D eigenvalue weighted by Crippen LogP contribution is -2.54. The van der Waals surface area contributed by atoms with Gasteiger partial charge in [-0.25, -0.2) is 0 Å². The van der Waals surface area contributed by atoms with Gasteiger partial charge in [0, 0.05) is 23.0 Å². The van der Waals surface area contributed by atoms with Crippen LogP contribution in [0, 0.1) is 0 Å². The maximum atomic E-state index is 13.9. The fraction of sp³-hybridized carbons (Fsp3) is 0.344. The smallest absolute Gasteiger partial charge is 0.493 e. The Bertz CT molecular complexity index is 1650. The third-order valence-electron chi connectivity index (χ3n) is 7.55. The van der Waals surface area contributed by atoms with Crippen LogP contribution in [0.15, 0.2) is 54.6 Å². The van der Waals surface area contributed by atoms with Crippen LogP contribution in [0.25, 0.3) is 22.0 Å². The van der Waals surface area contributed by atoms with Gasteiger partial charge in [-0.15, -0.1) is 13.2 Å². The quantitative estimate of drug-likeness (QED) is 0.213. The summed E-state index contributed by atoms with van der Waals surface area (Å²) in [6.07, 6.45) is -3.94. The summed E-state index contributed by atoms with van der Waals surface area (Å²) < 4.78 is 59.5.